The van der Waals surface area contributed by atoms with E-state index in [0.717, 1.165) is 35.3 Å². The predicted octanol–water partition coefficient (Wildman–Crippen LogP) is 0.770. The number of hydrogen-bond donors (Lipinski definition) is 1. The Morgan fingerprint density at radius 1 is 1.60 bits per heavy atom. The zero-order valence-corrected chi connectivity index (χ0v) is 9.57. The second-order valence-corrected chi connectivity index (χ2v) is 4.49. The summed E-state index contributed by atoms with van der Waals surface area (Å²) in [5, 5.41) is 0. The fourth-order valence-electron chi connectivity index (χ4n) is 1.70. The zero-order valence-electron chi connectivity index (χ0n) is 9.57. The first kappa shape index (κ1) is 10.2. The van der Waals surface area contributed by atoms with Gasteiger partial charge in [-0.1, -0.05) is 6.92 Å². The second-order valence-electron chi connectivity index (χ2n) is 4.49. The molecule has 1 heterocycles. The van der Waals surface area contributed by atoms with Gasteiger partial charge in [-0.2, -0.15) is 0 Å². The lowest BCUT2D eigenvalue weighted by Gasteiger charge is -2.06. The predicted molar refractivity (Wildman–Crippen MR) is 59.6 cm³/mol. The monoisotopic (exact) mass is 206 g/mol. The topological polar surface area (TPSA) is 56.2 Å². The number of aromatic nitrogens is 2. The minimum atomic E-state index is 0.755. The van der Waals surface area contributed by atoms with Crippen LogP contribution in [0.3, 0.4) is 0 Å². The van der Waals surface area contributed by atoms with Crippen molar-refractivity contribution in [1.82, 2.24) is 9.66 Å². The average molecular weight is 206 g/mol. The number of aryl methyl sites for hydroxylation is 2. The second kappa shape index (κ2) is 3.68. The maximum Gasteiger partial charge on any atom is 0.168 e. The molecule has 1 aliphatic rings. The van der Waals surface area contributed by atoms with E-state index >= 15 is 0 Å². The third-order valence-corrected chi connectivity index (χ3v) is 3.13. The van der Waals surface area contributed by atoms with Gasteiger partial charge in [-0.3, -0.25) is 9.98 Å². The fourth-order valence-corrected chi connectivity index (χ4v) is 1.70. The number of hydrogen-bond acceptors (Lipinski definition) is 3. The Kier molecular flexibility index (Phi) is 2.50. The third kappa shape index (κ3) is 2.03. The molecule has 82 valence electrons. The quantitative estimate of drug-likeness (QED) is 0.727. The molecule has 0 aliphatic heterocycles. The van der Waals surface area contributed by atoms with Gasteiger partial charge >= 0.3 is 0 Å². The van der Waals surface area contributed by atoms with Crippen LogP contribution in [-0.4, -0.2) is 16.2 Å². The summed E-state index contributed by atoms with van der Waals surface area (Å²) in [7, 11) is 0. The lowest BCUT2D eigenvalue weighted by atomic mass is 10.3. The van der Waals surface area contributed by atoms with Gasteiger partial charge < -0.3 is 5.84 Å². The summed E-state index contributed by atoms with van der Waals surface area (Å²) in [6.45, 7) is 7.02. The van der Waals surface area contributed by atoms with Crippen LogP contribution in [0.25, 0.3) is 0 Å². The molecule has 1 aromatic rings. The molecular weight excluding hydrogens is 188 g/mol. The van der Waals surface area contributed by atoms with Crippen LogP contribution in [0.1, 0.15) is 24.7 Å². The van der Waals surface area contributed by atoms with Gasteiger partial charge in [0.05, 0.1) is 11.4 Å². The van der Waals surface area contributed by atoms with Gasteiger partial charge in [0.2, 0.25) is 0 Å². The van der Waals surface area contributed by atoms with E-state index in [4.69, 9.17) is 5.84 Å². The highest BCUT2D eigenvalue weighted by Crippen LogP contribution is 2.37. The van der Waals surface area contributed by atoms with Crippen LogP contribution in [0.4, 0.5) is 0 Å². The normalized spacial score (nSPS) is 25.7. The molecule has 0 spiro atoms. The number of nitrogen functional groups attached to an aromatic ring is 1. The van der Waals surface area contributed by atoms with Gasteiger partial charge in [0.15, 0.2) is 5.49 Å². The van der Waals surface area contributed by atoms with Gasteiger partial charge in [0.25, 0.3) is 0 Å². The van der Waals surface area contributed by atoms with Crippen molar-refractivity contribution in [1.29, 1.82) is 0 Å². The maximum atomic E-state index is 5.91. The lowest BCUT2D eigenvalue weighted by molar-refractivity contribution is 0.714. The largest absolute Gasteiger partial charge is 0.337 e. The van der Waals surface area contributed by atoms with E-state index in [1.54, 1.807) is 10.9 Å². The van der Waals surface area contributed by atoms with Crippen LogP contribution in [-0.2, 0) is 0 Å². The van der Waals surface area contributed by atoms with Gasteiger partial charge in [0.1, 0.15) is 0 Å². The minimum absolute atomic E-state index is 0.755. The number of nitrogens with two attached hydrogens (primary N) is 1. The standard InChI is InChI=1S/C11H18N4/c1-7-4-10(7)6-14-11-9(3)13-5-8(2)15(11)12/h5,7,10H,4,6,12H2,1-3H3. The van der Waals surface area contributed by atoms with Crippen LogP contribution >= 0.6 is 0 Å². The molecule has 2 unspecified atom stereocenters. The lowest BCUT2D eigenvalue weighted by Crippen LogP contribution is -2.33. The molecule has 0 bridgehead atoms. The van der Waals surface area contributed by atoms with Crippen molar-refractivity contribution < 1.29 is 0 Å². The third-order valence-electron chi connectivity index (χ3n) is 3.13. The summed E-state index contributed by atoms with van der Waals surface area (Å²) < 4.78 is 1.62. The zero-order chi connectivity index (χ0) is 11.0. The molecule has 2 atom stereocenters. The summed E-state index contributed by atoms with van der Waals surface area (Å²) in [5.74, 6) is 7.49. The molecule has 15 heavy (non-hydrogen) atoms. The molecular formula is C11H18N4. The molecule has 2 N–H and O–H groups in total. The Morgan fingerprint density at radius 3 is 2.87 bits per heavy atom. The Labute approximate surface area is 89.8 Å². The molecule has 0 radical (unpaired) electrons. The van der Waals surface area contributed by atoms with Crippen molar-refractivity contribution in [2.75, 3.05) is 12.4 Å². The first-order valence-corrected chi connectivity index (χ1v) is 5.40. The highest BCUT2D eigenvalue weighted by Gasteiger charge is 2.31. The Bertz CT molecular complexity index is 433. The van der Waals surface area contributed by atoms with E-state index in [9.17, 15) is 0 Å². The van der Waals surface area contributed by atoms with E-state index in [1.165, 1.54) is 6.42 Å². The van der Waals surface area contributed by atoms with Gasteiger partial charge in [0, 0.05) is 12.7 Å². The summed E-state index contributed by atoms with van der Waals surface area (Å²) in [5.41, 5.74) is 2.65. The van der Waals surface area contributed by atoms with Crippen molar-refractivity contribution in [3.8, 4) is 0 Å². The summed E-state index contributed by atoms with van der Waals surface area (Å²) in [4.78, 5) is 8.82. The molecule has 2 rings (SSSR count). The Balaban J connectivity index is 2.29. The van der Waals surface area contributed by atoms with Crippen molar-refractivity contribution in [3.05, 3.63) is 23.1 Å². The van der Waals surface area contributed by atoms with Gasteiger partial charge in [-0.15, -0.1) is 0 Å². The SMILES string of the molecule is Cc1ncc(C)n(N)c1=NCC1CC1C. The van der Waals surface area contributed by atoms with Crippen LogP contribution in [0, 0.1) is 25.7 Å². The molecule has 0 saturated heterocycles. The van der Waals surface area contributed by atoms with Crippen LogP contribution in [0.15, 0.2) is 11.2 Å². The van der Waals surface area contributed by atoms with E-state index in [2.05, 4.69) is 16.9 Å². The first-order valence-electron chi connectivity index (χ1n) is 5.40. The van der Waals surface area contributed by atoms with E-state index in [1.807, 2.05) is 13.8 Å². The molecule has 1 aliphatic carbocycles. The van der Waals surface area contributed by atoms with Crippen molar-refractivity contribution in [2.24, 2.45) is 16.8 Å². The van der Waals surface area contributed by atoms with Crippen molar-refractivity contribution >= 4 is 0 Å². The van der Waals surface area contributed by atoms with Crippen molar-refractivity contribution in [2.45, 2.75) is 27.2 Å². The fraction of sp³-hybridized carbons (Fsp3) is 0.636. The molecule has 1 fully saturated rings. The molecule has 0 amide bonds. The van der Waals surface area contributed by atoms with Crippen LogP contribution < -0.4 is 11.3 Å². The highest BCUT2D eigenvalue weighted by atomic mass is 15.3. The molecule has 1 saturated carbocycles. The van der Waals surface area contributed by atoms with E-state index in [-0.39, 0.29) is 0 Å². The van der Waals surface area contributed by atoms with Crippen molar-refractivity contribution in [3.63, 3.8) is 0 Å². The van der Waals surface area contributed by atoms with Gasteiger partial charge in [-0.25, -0.2) is 4.68 Å². The molecule has 1 aromatic heterocycles. The summed E-state index contributed by atoms with van der Waals surface area (Å²) in [6, 6.07) is 0. The Morgan fingerprint density at radius 2 is 2.27 bits per heavy atom. The average Bonchev–Trinajstić information content (AvgIpc) is 2.89. The summed E-state index contributed by atoms with van der Waals surface area (Å²) >= 11 is 0. The minimum Gasteiger partial charge on any atom is -0.337 e. The van der Waals surface area contributed by atoms with Crippen LogP contribution in [0.2, 0.25) is 0 Å². The first-order chi connectivity index (χ1) is 7.09. The highest BCUT2D eigenvalue weighted by molar-refractivity contribution is 5.02. The summed E-state index contributed by atoms with van der Waals surface area (Å²) in [6.07, 6.45) is 3.07. The maximum absolute atomic E-state index is 5.91. The van der Waals surface area contributed by atoms with Crippen LogP contribution in [0.5, 0.6) is 0 Å². The van der Waals surface area contributed by atoms with Gasteiger partial charge in [-0.05, 0) is 32.1 Å². The smallest absolute Gasteiger partial charge is 0.168 e. The number of nitrogens with zero attached hydrogens (tertiary/aromatic N) is 3. The number of rotatable bonds is 2. The van der Waals surface area contributed by atoms with E-state index < -0.39 is 0 Å². The molecule has 4 heteroatoms. The Hall–Kier alpha value is -1.32. The van der Waals surface area contributed by atoms with E-state index in [0.29, 0.717) is 0 Å². The molecule has 0 aromatic carbocycles. The molecule has 4 nitrogen and oxygen atoms in total.